The maximum absolute atomic E-state index is 12.5. The van der Waals surface area contributed by atoms with Crippen molar-refractivity contribution in [2.45, 2.75) is 13.5 Å². The molecule has 0 saturated heterocycles. The van der Waals surface area contributed by atoms with Crippen LogP contribution >= 0.6 is 0 Å². The smallest absolute Gasteiger partial charge is 0.266 e. The summed E-state index contributed by atoms with van der Waals surface area (Å²) in [5, 5.41) is 12.1. The number of nitriles is 1. The highest BCUT2D eigenvalue weighted by Gasteiger charge is 2.10. The fourth-order valence-corrected chi connectivity index (χ4v) is 2.72. The summed E-state index contributed by atoms with van der Waals surface area (Å²) in [6.07, 6.45) is 1.54. The van der Waals surface area contributed by atoms with Crippen molar-refractivity contribution < 1.29 is 14.3 Å². The number of carbonyl (C=O) groups excluding carboxylic acids is 1. The summed E-state index contributed by atoms with van der Waals surface area (Å²) in [5.41, 5.74) is 2.42. The molecule has 0 atom stereocenters. The Labute approximate surface area is 176 Å². The van der Waals surface area contributed by atoms with Gasteiger partial charge in [-0.1, -0.05) is 42.5 Å². The molecule has 0 aliphatic carbocycles. The minimum absolute atomic E-state index is 0.0172. The standard InChI is InChI=1S/C25H22N2O3/c1-2-29-23-12-8-19(9-13-23)16-21(17-26)25(28)27-22-10-14-24(15-11-22)30-18-20-6-4-3-5-7-20/h3-16H,2,18H2,1H3,(H,27,28)/b21-16+. The highest BCUT2D eigenvalue weighted by atomic mass is 16.5. The van der Waals surface area contributed by atoms with Crippen LogP contribution in [0.4, 0.5) is 5.69 Å². The topological polar surface area (TPSA) is 71.3 Å². The molecule has 0 aliphatic rings. The molecule has 3 aromatic rings. The first-order valence-electron chi connectivity index (χ1n) is 9.60. The monoisotopic (exact) mass is 398 g/mol. The maximum atomic E-state index is 12.5. The van der Waals surface area contributed by atoms with Crippen LogP contribution < -0.4 is 14.8 Å². The summed E-state index contributed by atoms with van der Waals surface area (Å²) in [5.74, 6) is 0.971. The number of nitrogens with one attached hydrogen (secondary N) is 1. The van der Waals surface area contributed by atoms with E-state index in [-0.39, 0.29) is 5.57 Å². The van der Waals surface area contributed by atoms with Gasteiger partial charge in [-0.2, -0.15) is 5.26 Å². The quantitative estimate of drug-likeness (QED) is 0.418. The van der Waals surface area contributed by atoms with Crippen molar-refractivity contribution in [3.63, 3.8) is 0 Å². The number of hydrogen-bond donors (Lipinski definition) is 1. The Kier molecular flexibility index (Phi) is 7.23. The fourth-order valence-electron chi connectivity index (χ4n) is 2.72. The summed E-state index contributed by atoms with van der Waals surface area (Å²) in [7, 11) is 0. The largest absolute Gasteiger partial charge is 0.494 e. The zero-order valence-corrected chi connectivity index (χ0v) is 16.7. The Balaban J connectivity index is 1.60. The second kappa shape index (κ2) is 10.5. The first-order chi connectivity index (χ1) is 14.7. The van der Waals surface area contributed by atoms with E-state index in [1.807, 2.05) is 43.3 Å². The Bertz CT molecular complexity index is 1030. The number of hydrogen-bond acceptors (Lipinski definition) is 4. The lowest BCUT2D eigenvalue weighted by Crippen LogP contribution is -2.13. The highest BCUT2D eigenvalue weighted by molar-refractivity contribution is 6.09. The molecule has 0 aromatic heterocycles. The average molecular weight is 398 g/mol. The summed E-state index contributed by atoms with van der Waals surface area (Å²) < 4.78 is 11.1. The van der Waals surface area contributed by atoms with E-state index in [0.29, 0.717) is 24.7 Å². The molecule has 1 N–H and O–H groups in total. The van der Waals surface area contributed by atoms with Gasteiger partial charge in [0.25, 0.3) is 5.91 Å². The van der Waals surface area contributed by atoms with E-state index < -0.39 is 5.91 Å². The molecule has 0 saturated carbocycles. The van der Waals surface area contributed by atoms with Gasteiger partial charge in [-0.05, 0) is 60.5 Å². The van der Waals surface area contributed by atoms with Crippen LogP contribution in [0.25, 0.3) is 6.08 Å². The van der Waals surface area contributed by atoms with Gasteiger partial charge in [0, 0.05) is 5.69 Å². The van der Waals surface area contributed by atoms with Gasteiger partial charge >= 0.3 is 0 Å². The number of rotatable bonds is 8. The Morgan fingerprint density at radius 3 is 2.20 bits per heavy atom. The van der Waals surface area contributed by atoms with Gasteiger partial charge in [0.1, 0.15) is 29.7 Å². The van der Waals surface area contributed by atoms with Crippen molar-refractivity contribution in [2.24, 2.45) is 0 Å². The normalized spacial score (nSPS) is 10.7. The van der Waals surface area contributed by atoms with Crippen LogP contribution in [0, 0.1) is 11.3 Å². The van der Waals surface area contributed by atoms with E-state index in [1.165, 1.54) is 0 Å². The highest BCUT2D eigenvalue weighted by Crippen LogP contribution is 2.19. The second-order valence-electron chi connectivity index (χ2n) is 6.42. The SMILES string of the molecule is CCOc1ccc(/C=C(\C#N)C(=O)Nc2ccc(OCc3ccccc3)cc2)cc1. The third-order valence-electron chi connectivity index (χ3n) is 4.23. The number of amides is 1. The van der Waals surface area contributed by atoms with Gasteiger partial charge in [0.2, 0.25) is 0 Å². The summed E-state index contributed by atoms with van der Waals surface area (Å²) in [6, 6.07) is 26.1. The van der Waals surface area contributed by atoms with E-state index in [2.05, 4.69) is 5.32 Å². The zero-order chi connectivity index (χ0) is 21.2. The molecule has 5 nitrogen and oxygen atoms in total. The summed E-state index contributed by atoms with van der Waals surface area (Å²) in [4.78, 5) is 12.5. The van der Waals surface area contributed by atoms with Crippen LogP contribution in [0.3, 0.4) is 0 Å². The number of benzene rings is 3. The fraction of sp³-hybridized carbons (Fsp3) is 0.120. The molecule has 0 radical (unpaired) electrons. The third kappa shape index (κ3) is 5.98. The molecule has 3 aromatic carbocycles. The number of nitrogens with zero attached hydrogens (tertiary/aromatic N) is 1. The van der Waals surface area contributed by atoms with Crippen molar-refractivity contribution in [1.29, 1.82) is 5.26 Å². The number of anilines is 1. The predicted molar refractivity (Wildman–Crippen MR) is 117 cm³/mol. The molecule has 0 fully saturated rings. The molecule has 3 rings (SSSR count). The molecule has 0 spiro atoms. The van der Waals surface area contributed by atoms with Gasteiger partial charge in [-0.15, -0.1) is 0 Å². The molecule has 1 amide bonds. The Morgan fingerprint density at radius 1 is 0.933 bits per heavy atom. The van der Waals surface area contributed by atoms with Gasteiger partial charge in [-0.3, -0.25) is 4.79 Å². The van der Waals surface area contributed by atoms with Crippen molar-refractivity contribution in [2.75, 3.05) is 11.9 Å². The van der Waals surface area contributed by atoms with Crippen molar-refractivity contribution in [3.8, 4) is 17.6 Å². The number of ether oxygens (including phenoxy) is 2. The minimum atomic E-state index is -0.468. The minimum Gasteiger partial charge on any atom is -0.494 e. The van der Waals surface area contributed by atoms with Crippen molar-refractivity contribution >= 4 is 17.7 Å². The predicted octanol–water partition coefficient (Wildman–Crippen LogP) is 5.21. The van der Waals surface area contributed by atoms with Gasteiger partial charge in [0.15, 0.2) is 0 Å². The molecule has 0 heterocycles. The first-order valence-corrected chi connectivity index (χ1v) is 9.60. The molecule has 0 unspecified atom stereocenters. The van der Waals surface area contributed by atoms with E-state index in [0.717, 1.165) is 16.9 Å². The lowest BCUT2D eigenvalue weighted by Gasteiger charge is -2.08. The van der Waals surface area contributed by atoms with E-state index in [1.54, 1.807) is 54.6 Å². The average Bonchev–Trinajstić information content (AvgIpc) is 2.79. The third-order valence-corrected chi connectivity index (χ3v) is 4.23. The van der Waals surface area contributed by atoms with Gasteiger partial charge in [0.05, 0.1) is 6.61 Å². The molecule has 0 bridgehead atoms. The van der Waals surface area contributed by atoms with Crippen LogP contribution in [0.2, 0.25) is 0 Å². The van der Waals surface area contributed by atoms with Gasteiger partial charge < -0.3 is 14.8 Å². The van der Waals surface area contributed by atoms with Crippen molar-refractivity contribution in [3.05, 3.63) is 95.6 Å². The molecule has 5 heteroatoms. The van der Waals surface area contributed by atoms with E-state index in [4.69, 9.17) is 9.47 Å². The van der Waals surface area contributed by atoms with Gasteiger partial charge in [-0.25, -0.2) is 0 Å². The maximum Gasteiger partial charge on any atom is 0.266 e. The lowest BCUT2D eigenvalue weighted by molar-refractivity contribution is -0.112. The van der Waals surface area contributed by atoms with E-state index >= 15 is 0 Å². The molecule has 150 valence electrons. The second-order valence-corrected chi connectivity index (χ2v) is 6.42. The molecule has 0 aliphatic heterocycles. The van der Waals surface area contributed by atoms with Crippen molar-refractivity contribution in [1.82, 2.24) is 0 Å². The zero-order valence-electron chi connectivity index (χ0n) is 16.7. The van der Waals surface area contributed by atoms with E-state index in [9.17, 15) is 10.1 Å². The first kappa shape index (κ1) is 20.7. The lowest BCUT2D eigenvalue weighted by atomic mass is 10.1. The summed E-state index contributed by atoms with van der Waals surface area (Å²) >= 11 is 0. The van der Waals surface area contributed by atoms with Crippen LogP contribution in [-0.4, -0.2) is 12.5 Å². The van der Waals surface area contributed by atoms with Crippen LogP contribution in [0.1, 0.15) is 18.1 Å². The number of carbonyl (C=O) groups is 1. The van der Waals surface area contributed by atoms with Crippen LogP contribution in [0.15, 0.2) is 84.4 Å². The van der Waals surface area contributed by atoms with Crippen LogP contribution in [-0.2, 0) is 11.4 Å². The Morgan fingerprint density at radius 2 is 1.57 bits per heavy atom. The molecule has 30 heavy (non-hydrogen) atoms. The van der Waals surface area contributed by atoms with Crippen LogP contribution in [0.5, 0.6) is 11.5 Å². The summed E-state index contributed by atoms with van der Waals surface area (Å²) in [6.45, 7) is 2.96. The Hall–Kier alpha value is -4.04. The molecular weight excluding hydrogens is 376 g/mol. The molecular formula is C25H22N2O3.